The summed E-state index contributed by atoms with van der Waals surface area (Å²) in [7, 11) is 0. The zero-order valence-corrected chi connectivity index (χ0v) is 16.8. The minimum atomic E-state index is -0.733. The van der Waals surface area contributed by atoms with E-state index < -0.39 is 6.04 Å². The molecule has 1 aliphatic carbocycles. The highest BCUT2D eigenvalue weighted by Crippen LogP contribution is 2.20. The van der Waals surface area contributed by atoms with E-state index in [1.807, 2.05) is 36.4 Å². The van der Waals surface area contributed by atoms with Gasteiger partial charge in [-0.05, 0) is 37.0 Å². The third-order valence-corrected chi connectivity index (χ3v) is 5.23. The first kappa shape index (κ1) is 21.1. The standard InChI is InChI=1S/C24H30N2O3/c27-23(20-13-6-2-7-14-20)26-22(19-11-4-1-5-12-19)24(28)25-17-10-18-29-21-15-8-3-9-16-21/h1-2,4-7,11-14,21-22H,3,8-10,15-18H2,(H,25,28)(H,26,27). The molecule has 29 heavy (non-hydrogen) atoms. The SMILES string of the molecule is O=C(NC(C(=O)NCCCOC1CCCCC1)c1ccccc1)c1ccccc1. The van der Waals surface area contributed by atoms with Crippen molar-refractivity contribution in [3.05, 3.63) is 71.8 Å². The van der Waals surface area contributed by atoms with Gasteiger partial charge >= 0.3 is 0 Å². The molecule has 0 saturated heterocycles. The van der Waals surface area contributed by atoms with E-state index in [1.54, 1.807) is 24.3 Å². The first-order valence-electron chi connectivity index (χ1n) is 10.5. The van der Waals surface area contributed by atoms with Crippen molar-refractivity contribution in [3.8, 4) is 0 Å². The highest BCUT2D eigenvalue weighted by atomic mass is 16.5. The van der Waals surface area contributed by atoms with Crippen molar-refractivity contribution in [1.29, 1.82) is 0 Å². The first-order valence-corrected chi connectivity index (χ1v) is 10.5. The molecule has 1 atom stereocenters. The molecule has 1 saturated carbocycles. The molecule has 5 nitrogen and oxygen atoms in total. The van der Waals surface area contributed by atoms with Gasteiger partial charge in [-0.2, -0.15) is 0 Å². The molecule has 154 valence electrons. The molecule has 0 radical (unpaired) electrons. The number of carbonyl (C=O) groups is 2. The lowest BCUT2D eigenvalue weighted by Gasteiger charge is -2.22. The molecule has 0 aliphatic heterocycles. The average molecular weight is 395 g/mol. The van der Waals surface area contributed by atoms with Crippen molar-refractivity contribution >= 4 is 11.8 Å². The van der Waals surface area contributed by atoms with Gasteiger partial charge in [-0.15, -0.1) is 0 Å². The molecular weight excluding hydrogens is 364 g/mol. The van der Waals surface area contributed by atoms with Crippen molar-refractivity contribution < 1.29 is 14.3 Å². The average Bonchev–Trinajstić information content (AvgIpc) is 2.79. The van der Waals surface area contributed by atoms with Gasteiger partial charge in [-0.1, -0.05) is 67.8 Å². The van der Waals surface area contributed by atoms with E-state index in [0.717, 1.165) is 24.8 Å². The summed E-state index contributed by atoms with van der Waals surface area (Å²) in [4.78, 5) is 25.4. The van der Waals surface area contributed by atoms with Gasteiger partial charge in [-0.25, -0.2) is 0 Å². The van der Waals surface area contributed by atoms with Crippen molar-refractivity contribution in [3.63, 3.8) is 0 Å². The summed E-state index contributed by atoms with van der Waals surface area (Å²) in [5.41, 5.74) is 1.29. The van der Waals surface area contributed by atoms with Crippen molar-refractivity contribution in [2.45, 2.75) is 50.7 Å². The smallest absolute Gasteiger partial charge is 0.252 e. The summed E-state index contributed by atoms with van der Waals surface area (Å²) in [6, 6.07) is 17.5. The van der Waals surface area contributed by atoms with Crippen LogP contribution in [0.15, 0.2) is 60.7 Å². The third-order valence-electron chi connectivity index (χ3n) is 5.23. The van der Waals surface area contributed by atoms with E-state index in [9.17, 15) is 9.59 Å². The summed E-state index contributed by atoms with van der Waals surface area (Å²) in [5.74, 6) is -0.478. The van der Waals surface area contributed by atoms with Crippen LogP contribution in [0.5, 0.6) is 0 Å². The number of nitrogens with one attached hydrogen (secondary N) is 2. The zero-order chi connectivity index (χ0) is 20.3. The molecule has 2 aromatic carbocycles. The predicted octanol–water partition coefficient (Wildman–Crippen LogP) is 4.01. The molecule has 1 fully saturated rings. The largest absolute Gasteiger partial charge is 0.378 e. The van der Waals surface area contributed by atoms with Gasteiger partial charge in [0.2, 0.25) is 5.91 Å². The zero-order valence-electron chi connectivity index (χ0n) is 16.8. The maximum atomic E-state index is 12.8. The Hall–Kier alpha value is -2.66. The fourth-order valence-electron chi connectivity index (χ4n) is 3.62. The van der Waals surface area contributed by atoms with Gasteiger partial charge in [0, 0.05) is 18.7 Å². The number of amides is 2. The summed E-state index contributed by atoms with van der Waals surface area (Å²) in [6.07, 6.45) is 7.24. The fourth-order valence-corrected chi connectivity index (χ4v) is 3.62. The summed E-state index contributed by atoms with van der Waals surface area (Å²) < 4.78 is 5.91. The Bertz CT molecular complexity index is 758. The maximum absolute atomic E-state index is 12.8. The molecule has 1 aliphatic rings. The summed E-state index contributed by atoms with van der Waals surface area (Å²) in [6.45, 7) is 1.17. The second kappa shape index (κ2) is 11.4. The van der Waals surface area contributed by atoms with Crippen molar-refractivity contribution in [2.75, 3.05) is 13.2 Å². The second-order valence-corrected chi connectivity index (χ2v) is 7.46. The van der Waals surface area contributed by atoms with Crippen LogP contribution in [-0.4, -0.2) is 31.1 Å². The molecule has 1 unspecified atom stereocenters. The van der Waals surface area contributed by atoms with Crippen LogP contribution in [0.3, 0.4) is 0 Å². The van der Waals surface area contributed by atoms with E-state index in [1.165, 1.54) is 19.3 Å². The Morgan fingerprint density at radius 3 is 2.28 bits per heavy atom. The molecule has 2 N–H and O–H groups in total. The highest BCUT2D eigenvalue weighted by molar-refractivity contribution is 5.97. The Kier molecular flexibility index (Phi) is 8.25. The van der Waals surface area contributed by atoms with Crippen LogP contribution < -0.4 is 10.6 Å². The normalized spacial score (nSPS) is 15.4. The number of carbonyl (C=O) groups excluding carboxylic acids is 2. The van der Waals surface area contributed by atoms with Gasteiger partial charge in [0.15, 0.2) is 0 Å². The van der Waals surface area contributed by atoms with Gasteiger partial charge < -0.3 is 15.4 Å². The van der Waals surface area contributed by atoms with Crippen LogP contribution in [-0.2, 0) is 9.53 Å². The van der Waals surface area contributed by atoms with Gasteiger partial charge in [0.05, 0.1) is 6.10 Å². The lowest BCUT2D eigenvalue weighted by Crippen LogP contribution is -2.41. The fraction of sp³-hybridized carbons (Fsp3) is 0.417. The molecule has 0 spiro atoms. The Morgan fingerprint density at radius 1 is 0.931 bits per heavy atom. The number of hydrogen-bond donors (Lipinski definition) is 2. The monoisotopic (exact) mass is 394 g/mol. The molecule has 0 heterocycles. The topological polar surface area (TPSA) is 67.4 Å². The number of benzene rings is 2. The molecule has 0 bridgehead atoms. The quantitative estimate of drug-likeness (QED) is 0.632. The number of hydrogen-bond acceptors (Lipinski definition) is 3. The van der Waals surface area contributed by atoms with Gasteiger partial charge in [-0.3, -0.25) is 9.59 Å². The molecule has 5 heteroatoms. The first-order chi connectivity index (χ1) is 14.2. The molecule has 2 amide bonds. The Morgan fingerprint density at radius 2 is 1.59 bits per heavy atom. The van der Waals surface area contributed by atoms with Crippen LogP contribution in [0.4, 0.5) is 0 Å². The van der Waals surface area contributed by atoms with Gasteiger partial charge in [0.1, 0.15) is 6.04 Å². The molecule has 0 aromatic heterocycles. The number of ether oxygens (including phenoxy) is 1. The highest BCUT2D eigenvalue weighted by Gasteiger charge is 2.23. The maximum Gasteiger partial charge on any atom is 0.252 e. The van der Waals surface area contributed by atoms with E-state index >= 15 is 0 Å². The van der Waals surface area contributed by atoms with Crippen molar-refractivity contribution in [2.24, 2.45) is 0 Å². The minimum absolute atomic E-state index is 0.210. The van der Waals surface area contributed by atoms with E-state index in [4.69, 9.17) is 4.74 Å². The molecular formula is C24H30N2O3. The van der Waals surface area contributed by atoms with E-state index in [0.29, 0.717) is 24.8 Å². The Labute approximate surface area is 172 Å². The molecule has 3 rings (SSSR count). The third kappa shape index (κ3) is 6.71. The minimum Gasteiger partial charge on any atom is -0.378 e. The predicted molar refractivity (Wildman–Crippen MR) is 114 cm³/mol. The van der Waals surface area contributed by atoms with Crippen LogP contribution in [0.2, 0.25) is 0 Å². The van der Waals surface area contributed by atoms with Gasteiger partial charge in [0.25, 0.3) is 5.91 Å². The van der Waals surface area contributed by atoms with Crippen molar-refractivity contribution in [1.82, 2.24) is 10.6 Å². The van der Waals surface area contributed by atoms with Crippen LogP contribution in [0, 0.1) is 0 Å². The Balaban J connectivity index is 1.51. The lowest BCUT2D eigenvalue weighted by atomic mass is 9.98. The van der Waals surface area contributed by atoms with E-state index in [-0.39, 0.29) is 11.8 Å². The van der Waals surface area contributed by atoms with E-state index in [2.05, 4.69) is 10.6 Å². The second-order valence-electron chi connectivity index (χ2n) is 7.46. The number of rotatable bonds is 9. The van der Waals surface area contributed by atoms with Crippen LogP contribution in [0.1, 0.15) is 60.5 Å². The van der Waals surface area contributed by atoms with Crippen LogP contribution >= 0.6 is 0 Å². The van der Waals surface area contributed by atoms with Crippen LogP contribution in [0.25, 0.3) is 0 Å². The summed E-state index contributed by atoms with van der Waals surface area (Å²) in [5, 5.41) is 5.80. The molecule has 2 aromatic rings. The summed E-state index contributed by atoms with van der Waals surface area (Å²) >= 11 is 0. The lowest BCUT2D eigenvalue weighted by molar-refractivity contribution is -0.123.